The molecule has 38 heavy (non-hydrogen) atoms. The highest BCUT2D eigenvalue weighted by Gasteiger charge is 2.48. The Morgan fingerprint density at radius 2 is 1.58 bits per heavy atom. The Hall–Kier alpha value is -1.99. The highest BCUT2D eigenvalue weighted by Crippen LogP contribution is 2.26. The van der Waals surface area contributed by atoms with Gasteiger partial charge in [0, 0.05) is 6.92 Å². The van der Waals surface area contributed by atoms with Crippen LogP contribution < -0.4 is 0 Å². The molecule has 0 spiro atoms. The number of carbonyl (C=O) groups is 1. The first-order valence-electron chi connectivity index (χ1n) is 12.5. The summed E-state index contributed by atoms with van der Waals surface area (Å²) >= 11 is 0. The van der Waals surface area contributed by atoms with Crippen LogP contribution in [0.4, 0.5) is 0 Å². The molecule has 3 rings (SSSR count). The quantitative estimate of drug-likeness (QED) is 0.0895. The second-order valence-electron chi connectivity index (χ2n) is 8.79. The molecule has 5 N–H and O–H groups in total. The van der Waals surface area contributed by atoms with Gasteiger partial charge in [-0.3, -0.25) is 14.8 Å². The van der Waals surface area contributed by atoms with Crippen LogP contribution in [0, 0.1) is 0 Å². The lowest BCUT2D eigenvalue weighted by Crippen LogP contribution is -2.61. The predicted octanol–water partition coefficient (Wildman–Crippen LogP) is -3.93. The number of ether oxygens (including phenoxy) is 6. The van der Waals surface area contributed by atoms with Gasteiger partial charge in [0.15, 0.2) is 18.7 Å². The molecule has 16 heteroatoms. The van der Waals surface area contributed by atoms with E-state index in [2.05, 4.69) is 10.2 Å². The van der Waals surface area contributed by atoms with E-state index in [-0.39, 0.29) is 0 Å². The lowest BCUT2D eigenvalue weighted by Gasteiger charge is -2.42. The first-order valence-corrected chi connectivity index (χ1v) is 12.5. The van der Waals surface area contributed by atoms with Crippen LogP contribution in [0.3, 0.4) is 0 Å². The molecule has 0 aromatic rings. The molecule has 0 unspecified atom stereocenters. The van der Waals surface area contributed by atoms with Gasteiger partial charge >= 0.3 is 5.97 Å². The Bertz CT molecular complexity index is 765. The van der Waals surface area contributed by atoms with Crippen molar-refractivity contribution >= 4 is 18.4 Å². The zero-order chi connectivity index (χ0) is 27.5. The Morgan fingerprint density at radius 3 is 2.11 bits per heavy atom. The zero-order valence-corrected chi connectivity index (χ0v) is 21.2. The van der Waals surface area contributed by atoms with Gasteiger partial charge in [-0.05, 0) is 0 Å². The smallest absolute Gasteiger partial charge is 0.303 e. The minimum absolute atomic E-state index is 0.462. The summed E-state index contributed by atoms with van der Waals surface area (Å²) < 4.78 is 32.5. The largest absolute Gasteiger partial charge is 0.457 e. The van der Waals surface area contributed by atoms with Gasteiger partial charge in [0.1, 0.15) is 30.5 Å². The first-order chi connectivity index (χ1) is 18.3. The first kappa shape index (κ1) is 30.6. The van der Waals surface area contributed by atoms with Crippen LogP contribution in [-0.2, 0) is 33.2 Å². The Balaban J connectivity index is 1.75. The summed E-state index contributed by atoms with van der Waals surface area (Å²) in [5.74, 6) is -0.768. The van der Waals surface area contributed by atoms with Crippen LogP contribution in [0.15, 0.2) is 10.2 Å². The molecule has 0 saturated carbocycles. The van der Waals surface area contributed by atoms with Gasteiger partial charge in [-0.1, -0.05) is 0 Å². The number of carbonyl (C=O) groups excluding carboxylic acids is 1. The number of aliphatic hydroxyl groups is 5. The fourth-order valence-corrected chi connectivity index (χ4v) is 3.96. The third-order valence-electron chi connectivity index (χ3n) is 5.99. The molecule has 3 aliphatic rings. The molecular formula is C22H38N4O12. The number of aliphatic hydroxyl groups excluding tert-OH is 5. The number of hydrogen-bond donors (Lipinski definition) is 5. The Kier molecular flexibility index (Phi) is 12.5. The highest BCUT2D eigenvalue weighted by atomic mass is 16.7. The summed E-state index contributed by atoms with van der Waals surface area (Å²) in [6.45, 7) is 3.83. The number of hydrogen-bond acceptors (Lipinski definition) is 16. The molecule has 3 aliphatic heterocycles. The number of morpholine rings is 2. The predicted molar refractivity (Wildman–Crippen MR) is 128 cm³/mol. The van der Waals surface area contributed by atoms with Gasteiger partial charge in [0.2, 0.25) is 0 Å². The van der Waals surface area contributed by atoms with Gasteiger partial charge in [0.05, 0.1) is 78.2 Å². The fourth-order valence-electron chi connectivity index (χ4n) is 3.96. The van der Waals surface area contributed by atoms with Crippen molar-refractivity contribution in [2.24, 2.45) is 10.2 Å². The normalized spacial score (nSPS) is 31.5. The van der Waals surface area contributed by atoms with Crippen LogP contribution in [0.25, 0.3) is 0 Å². The zero-order valence-electron chi connectivity index (χ0n) is 21.2. The molecule has 0 aliphatic carbocycles. The molecule has 0 aromatic carbocycles. The second kappa shape index (κ2) is 15.6. The van der Waals surface area contributed by atoms with E-state index < -0.39 is 68.4 Å². The van der Waals surface area contributed by atoms with E-state index in [0.29, 0.717) is 52.6 Å². The molecule has 0 amide bonds. The molecule has 16 nitrogen and oxygen atoms in total. The van der Waals surface area contributed by atoms with Crippen LogP contribution >= 0.6 is 0 Å². The minimum atomic E-state index is -1.66. The standard InChI is InChI=1S/C22H38N4O12/c1-14(29)35-21-19(31)17(13-28)38-22(20(21)32)37-15(10-23-25-2-6-33-7-3-25)16(12-27)36-18(30)11-24-26-4-8-34-9-5-26/h10-11,15-22,27-28,30-32H,2-9,12-13H2,1H3/b23-10+,24-11-/t15-,16+,17+,18-,19+,20+,21-,22+/m1/s1. The van der Waals surface area contributed by atoms with E-state index in [4.69, 9.17) is 28.4 Å². The van der Waals surface area contributed by atoms with Crippen LogP contribution in [0.2, 0.25) is 0 Å². The van der Waals surface area contributed by atoms with Crippen molar-refractivity contribution < 1.29 is 58.7 Å². The number of esters is 1. The van der Waals surface area contributed by atoms with Gasteiger partial charge < -0.3 is 54.0 Å². The SMILES string of the molecule is CC(=O)O[C@H]1[C@H](O)[C@@H](O[C@H](/C=N/N2CCOCC2)[C@H](CO)O[C@@H](O)/C=N\N2CCOCC2)O[C@@H](CO)[C@@H]1O. The fraction of sp³-hybridized carbons (Fsp3) is 0.864. The maximum absolute atomic E-state index is 11.5. The van der Waals surface area contributed by atoms with Gasteiger partial charge in [-0.2, -0.15) is 10.2 Å². The van der Waals surface area contributed by atoms with E-state index in [0.717, 1.165) is 13.1 Å². The van der Waals surface area contributed by atoms with Crippen LogP contribution in [-0.4, -0.2) is 169 Å². The van der Waals surface area contributed by atoms with Gasteiger partial charge in [-0.25, -0.2) is 0 Å². The van der Waals surface area contributed by atoms with Crippen molar-refractivity contribution in [1.29, 1.82) is 0 Å². The summed E-state index contributed by atoms with van der Waals surface area (Å²) in [6.07, 6.45) is -8.91. The highest BCUT2D eigenvalue weighted by molar-refractivity contribution is 5.66. The monoisotopic (exact) mass is 550 g/mol. The van der Waals surface area contributed by atoms with Gasteiger partial charge in [-0.15, -0.1) is 0 Å². The number of nitrogens with zero attached hydrogens (tertiary/aromatic N) is 4. The molecule has 8 atom stereocenters. The summed E-state index contributed by atoms with van der Waals surface area (Å²) in [4.78, 5) is 11.5. The summed E-state index contributed by atoms with van der Waals surface area (Å²) in [5.41, 5.74) is 0. The maximum Gasteiger partial charge on any atom is 0.303 e. The van der Waals surface area contributed by atoms with E-state index in [9.17, 15) is 30.3 Å². The summed E-state index contributed by atoms with van der Waals surface area (Å²) in [5, 5.41) is 63.1. The lowest BCUT2D eigenvalue weighted by atomic mass is 9.99. The Morgan fingerprint density at radius 1 is 1.00 bits per heavy atom. The summed E-state index contributed by atoms with van der Waals surface area (Å²) in [7, 11) is 0. The summed E-state index contributed by atoms with van der Waals surface area (Å²) in [6, 6.07) is 0. The Labute approximate surface area is 219 Å². The molecule has 3 heterocycles. The van der Waals surface area contributed by atoms with Crippen LogP contribution in [0.1, 0.15) is 6.92 Å². The van der Waals surface area contributed by atoms with Crippen molar-refractivity contribution in [2.45, 2.75) is 56.1 Å². The van der Waals surface area contributed by atoms with Crippen molar-refractivity contribution in [3.05, 3.63) is 0 Å². The molecule has 0 aromatic heterocycles. The third kappa shape index (κ3) is 9.04. The van der Waals surface area contributed by atoms with Crippen molar-refractivity contribution in [3.8, 4) is 0 Å². The van der Waals surface area contributed by atoms with Crippen molar-refractivity contribution in [2.75, 3.05) is 65.8 Å². The number of rotatable bonds is 12. The van der Waals surface area contributed by atoms with E-state index >= 15 is 0 Å². The molecule has 218 valence electrons. The third-order valence-corrected chi connectivity index (χ3v) is 5.99. The molecule has 0 bridgehead atoms. The lowest BCUT2D eigenvalue weighted by molar-refractivity contribution is -0.315. The molecule has 3 saturated heterocycles. The topological polar surface area (TPSA) is 205 Å². The molecule has 0 radical (unpaired) electrons. The second-order valence-corrected chi connectivity index (χ2v) is 8.79. The molecular weight excluding hydrogens is 512 g/mol. The minimum Gasteiger partial charge on any atom is -0.457 e. The van der Waals surface area contributed by atoms with Crippen molar-refractivity contribution in [1.82, 2.24) is 10.0 Å². The van der Waals surface area contributed by atoms with Gasteiger partial charge in [0.25, 0.3) is 0 Å². The average molecular weight is 551 g/mol. The van der Waals surface area contributed by atoms with Crippen LogP contribution in [0.5, 0.6) is 0 Å². The van der Waals surface area contributed by atoms with E-state index in [1.807, 2.05) is 0 Å². The maximum atomic E-state index is 11.5. The number of hydrazone groups is 2. The van der Waals surface area contributed by atoms with Crippen molar-refractivity contribution in [3.63, 3.8) is 0 Å². The molecule has 3 fully saturated rings. The average Bonchev–Trinajstić information content (AvgIpc) is 2.93. The van der Waals surface area contributed by atoms with E-state index in [1.54, 1.807) is 10.0 Å². The van der Waals surface area contributed by atoms with E-state index in [1.165, 1.54) is 6.21 Å².